The molecular weight excluding hydrogens is 386 g/mol. The summed E-state index contributed by atoms with van der Waals surface area (Å²) in [5.74, 6) is -0.0113. The van der Waals surface area contributed by atoms with Crippen molar-refractivity contribution < 1.29 is 9.59 Å². The SMILES string of the molecule is NC[C@]1(c2cccc(Cl)c2)CC[C@@H](N2CC(=O)N(c3ccccc3)CC2=O)CC1. The van der Waals surface area contributed by atoms with Crippen molar-refractivity contribution in [1.82, 2.24) is 4.90 Å². The summed E-state index contributed by atoms with van der Waals surface area (Å²) in [6.45, 7) is 0.801. The number of hydrogen-bond donors (Lipinski definition) is 1. The van der Waals surface area contributed by atoms with Crippen molar-refractivity contribution in [2.75, 3.05) is 24.5 Å². The molecule has 2 N–H and O–H groups in total. The third kappa shape index (κ3) is 3.89. The molecule has 0 radical (unpaired) electrons. The second-order valence-electron chi connectivity index (χ2n) is 8.06. The van der Waals surface area contributed by atoms with Gasteiger partial charge in [-0.15, -0.1) is 0 Å². The number of carbonyl (C=O) groups excluding carboxylic acids is 2. The Kier molecular flexibility index (Phi) is 5.61. The molecule has 29 heavy (non-hydrogen) atoms. The third-order valence-corrected chi connectivity index (χ3v) is 6.70. The Labute approximate surface area is 176 Å². The number of piperazine rings is 1. The summed E-state index contributed by atoms with van der Waals surface area (Å²) in [7, 11) is 0. The molecule has 2 aliphatic rings. The summed E-state index contributed by atoms with van der Waals surface area (Å²) in [6.07, 6.45) is 3.45. The zero-order valence-corrected chi connectivity index (χ0v) is 17.1. The van der Waals surface area contributed by atoms with Gasteiger partial charge in [0.05, 0.1) is 0 Å². The minimum absolute atomic E-state index is 0.0152. The molecule has 0 spiro atoms. The van der Waals surface area contributed by atoms with Gasteiger partial charge >= 0.3 is 0 Å². The number of rotatable bonds is 4. The molecule has 1 saturated carbocycles. The summed E-state index contributed by atoms with van der Waals surface area (Å²) in [6, 6.07) is 17.4. The van der Waals surface area contributed by atoms with Crippen LogP contribution in [0.2, 0.25) is 5.02 Å². The first-order chi connectivity index (χ1) is 14.0. The number of nitrogens with zero attached hydrogens (tertiary/aromatic N) is 2. The van der Waals surface area contributed by atoms with E-state index in [0.29, 0.717) is 6.54 Å². The Morgan fingerprint density at radius 2 is 1.69 bits per heavy atom. The van der Waals surface area contributed by atoms with Crippen LogP contribution in [-0.2, 0) is 15.0 Å². The predicted molar refractivity (Wildman–Crippen MR) is 115 cm³/mol. The van der Waals surface area contributed by atoms with E-state index in [1.807, 2.05) is 48.5 Å². The first-order valence-electron chi connectivity index (χ1n) is 10.1. The zero-order chi connectivity index (χ0) is 20.4. The Morgan fingerprint density at radius 1 is 0.966 bits per heavy atom. The highest BCUT2D eigenvalue weighted by molar-refractivity contribution is 6.30. The van der Waals surface area contributed by atoms with Gasteiger partial charge in [-0.25, -0.2) is 0 Å². The normalized spacial score (nSPS) is 25.4. The first kappa shape index (κ1) is 19.9. The van der Waals surface area contributed by atoms with E-state index in [1.54, 1.807) is 9.80 Å². The van der Waals surface area contributed by atoms with E-state index in [1.165, 1.54) is 5.56 Å². The van der Waals surface area contributed by atoms with E-state index in [4.69, 9.17) is 17.3 Å². The fourth-order valence-electron chi connectivity index (χ4n) is 4.71. The van der Waals surface area contributed by atoms with Gasteiger partial charge in [0.15, 0.2) is 0 Å². The van der Waals surface area contributed by atoms with E-state index in [0.717, 1.165) is 36.4 Å². The lowest BCUT2D eigenvalue weighted by Gasteiger charge is -2.45. The lowest BCUT2D eigenvalue weighted by molar-refractivity contribution is -0.141. The molecule has 1 aliphatic heterocycles. The summed E-state index contributed by atoms with van der Waals surface area (Å²) in [5, 5.41) is 0.718. The fraction of sp³-hybridized carbons (Fsp3) is 0.391. The van der Waals surface area contributed by atoms with Gasteiger partial charge in [-0.1, -0.05) is 41.9 Å². The fourth-order valence-corrected chi connectivity index (χ4v) is 4.90. The molecule has 6 heteroatoms. The number of anilines is 1. The van der Waals surface area contributed by atoms with Gasteiger partial charge in [0.1, 0.15) is 13.1 Å². The van der Waals surface area contributed by atoms with Crippen LogP contribution in [-0.4, -0.2) is 42.4 Å². The molecule has 2 fully saturated rings. The van der Waals surface area contributed by atoms with Gasteiger partial charge in [0.25, 0.3) is 0 Å². The van der Waals surface area contributed by atoms with E-state index < -0.39 is 0 Å². The average Bonchev–Trinajstić information content (AvgIpc) is 2.76. The maximum atomic E-state index is 12.9. The van der Waals surface area contributed by atoms with Crippen molar-refractivity contribution >= 4 is 29.1 Å². The smallest absolute Gasteiger partial charge is 0.247 e. The molecule has 2 aromatic rings. The largest absolute Gasteiger partial charge is 0.330 e. The highest BCUT2D eigenvalue weighted by Crippen LogP contribution is 2.41. The van der Waals surface area contributed by atoms with Crippen LogP contribution in [0.5, 0.6) is 0 Å². The maximum absolute atomic E-state index is 12.9. The molecular formula is C23H26ClN3O2. The Balaban J connectivity index is 1.45. The Morgan fingerprint density at radius 3 is 2.34 bits per heavy atom. The van der Waals surface area contributed by atoms with Crippen LogP contribution in [0.3, 0.4) is 0 Å². The summed E-state index contributed by atoms with van der Waals surface area (Å²) < 4.78 is 0. The van der Waals surface area contributed by atoms with E-state index in [9.17, 15) is 9.59 Å². The molecule has 5 nitrogen and oxygen atoms in total. The minimum Gasteiger partial charge on any atom is -0.330 e. The van der Waals surface area contributed by atoms with Crippen LogP contribution in [0.25, 0.3) is 0 Å². The quantitative estimate of drug-likeness (QED) is 0.838. The molecule has 1 aliphatic carbocycles. The highest BCUT2D eigenvalue weighted by atomic mass is 35.5. The second kappa shape index (κ2) is 8.17. The van der Waals surface area contributed by atoms with Crippen LogP contribution < -0.4 is 10.6 Å². The maximum Gasteiger partial charge on any atom is 0.247 e. The number of para-hydroxylation sites is 1. The van der Waals surface area contributed by atoms with Gasteiger partial charge in [-0.3, -0.25) is 9.59 Å². The van der Waals surface area contributed by atoms with Crippen molar-refractivity contribution in [2.24, 2.45) is 5.73 Å². The molecule has 0 atom stereocenters. The number of benzene rings is 2. The summed E-state index contributed by atoms with van der Waals surface area (Å²) in [4.78, 5) is 29.0. The second-order valence-corrected chi connectivity index (χ2v) is 8.50. The van der Waals surface area contributed by atoms with Crippen LogP contribution in [0.15, 0.2) is 54.6 Å². The predicted octanol–water partition coefficient (Wildman–Crippen LogP) is 3.35. The van der Waals surface area contributed by atoms with Crippen LogP contribution in [0, 0.1) is 0 Å². The molecule has 2 aromatic carbocycles. The first-order valence-corrected chi connectivity index (χ1v) is 10.5. The molecule has 2 amide bonds. The molecule has 4 rings (SSSR count). The summed E-state index contributed by atoms with van der Waals surface area (Å²) >= 11 is 6.20. The van der Waals surface area contributed by atoms with Gasteiger partial charge in [-0.05, 0) is 55.5 Å². The van der Waals surface area contributed by atoms with Crippen LogP contribution in [0.1, 0.15) is 31.2 Å². The molecule has 1 heterocycles. The van der Waals surface area contributed by atoms with Gasteiger partial charge in [0.2, 0.25) is 11.8 Å². The average molecular weight is 412 g/mol. The number of carbonyl (C=O) groups is 2. The third-order valence-electron chi connectivity index (χ3n) is 6.47. The highest BCUT2D eigenvalue weighted by Gasteiger charge is 2.41. The van der Waals surface area contributed by atoms with Gasteiger partial charge in [0, 0.05) is 28.7 Å². The van der Waals surface area contributed by atoms with Crippen molar-refractivity contribution in [2.45, 2.75) is 37.1 Å². The van der Waals surface area contributed by atoms with Crippen molar-refractivity contribution in [1.29, 1.82) is 0 Å². The molecule has 0 aromatic heterocycles. The van der Waals surface area contributed by atoms with Crippen LogP contribution in [0.4, 0.5) is 5.69 Å². The number of nitrogens with two attached hydrogens (primary N) is 1. The number of amides is 2. The molecule has 1 saturated heterocycles. The van der Waals surface area contributed by atoms with Crippen LogP contribution >= 0.6 is 11.6 Å². The lowest BCUT2D eigenvalue weighted by atomic mass is 9.68. The Hall–Kier alpha value is -2.37. The Bertz CT molecular complexity index is 894. The van der Waals surface area contributed by atoms with Gasteiger partial charge < -0.3 is 15.5 Å². The van der Waals surface area contributed by atoms with Crippen molar-refractivity contribution in [3.8, 4) is 0 Å². The number of halogens is 1. The lowest BCUT2D eigenvalue weighted by Crippen LogP contribution is -2.58. The van der Waals surface area contributed by atoms with E-state index in [2.05, 4.69) is 6.07 Å². The monoisotopic (exact) mass is 411 g/mol. The topological polar surface area (TPSA) is 66.6 Å². The molecule has 0 unspecified atom stereocenters. The minimum atomic E-state index is -0.111. The standard InChI is InChI=1S/C23H26ClN3O2/c24-18-6-4-5-17(13-18)23(16-25)11-9-20(10-12-23)27-15-21(28)26(14-22(27)29)19-7-2-1-3-8-19/h1-8,13,20H,9-12,14-16,25H2/t20-,23+. The number of hydrogen-bond acceptors (Lipinski definition) is 3. The molecule has 152 valence electrons. The van der Waals surface area contributed by atoms with E-state index >= 15 is 0 Å². The van der Waals surface area contributed by atoms with Crippen molar-refractivity contribution in [3.63, 3.8) is 0 Å². The van der Waals surface area contributed by atoms with E-state index in [-0.39, 0.29) is 36.4 Å². The van der Waals surface area contributed by atoms with Crippen molar-refractivity contribution in [3.05, 3.63) is 65.2 Å². The molecule has 0 bridgehead atoms. The zero-order valence-electron chi connectivity index (χ0n) is 16.4. The summed E-state index contributed by atoms with van der Waals surface area (Å²) in [5.41, 5.74) is 8.02. The van der Waals surface area contributed by atoms with Gasteiger partial charge in [-0.2, -0.15) is 0 Å².